The summed E-state index contributed by atoms with van der Waals surface area (Å²) in [5, 5.41) is 7.09. The minimum Gasteiger partial charge on any atom is -0.324 e. The summed E-state index contributed by atoms with van der Waals surface area (Å²) in [6.07, 6.45) is 3.50. The van der Waals surface area contributed by atoms with E-state index in [9.17, 15) is 4.79 Å². The predicted octanol–water partition coefficient (Wildman–Crippen LogP) is 3.01. The molecule has 0 spiro atoms. The molecule has 1 saturated heterocycles. The third-order valence-electron chi connectivity index (χ3n) is 3.74. The number of hydrogen-bond acceptors (Lipinski definition) is 3. The lowest BCUT2D eigenvalue weighted by Crippen LogP contribution is -2.47. The molecule has 1 aliphatic rings. The van der Waals surface area contributed by atoms with Crippen LogP contribution in [0.1, 0.15) is 19.3 Å². The Balaban J connectivity index is 1.95. The second-order valence-electron chi connectivity index (χ2n) is 5.35. The maximum atomic E-state index is 12.2. The molecule has 1 heterocycles. The molecule has 2 rings (SSSR count). The van der Waals surface area contributed by atoms with Crippen molar-refractivity contribution in [2.75, 3.05) is 32.0 Å². The van der Waals surface area contributed by atoms with Gasteiger partial charge in [0.2, 0.25) is 5.91 Å². The van der Waals surface area contributed by atoms with Gasteiger partial charge in [-0.1, -0.05) is 29.6 Å². The predicted molar refractivity (Wildman–Crippen MR) is 88.2 cm³/mol. The van der Waals surface area contributed by atoms with Gasteiger partial charge in [0.1, 0.15) is 0 Å². The van der Waals surface area contributed by atoms with Crippen molar-refractivity contribution in [2.45, 2.75) is 25.3 Å². The van der Waals surface area contributed by atoms with Crippen LogP contribution in [-0.2, 0) is 4.79 Å². The quantitative estimate of drug-likeness (QED) is 0.872. The van der Waals surface area contributed by atoms with Gasteiger partial charge >= 0.3 is 0 Å². The summed E-state index contributed by atoms with van der Waals surface area (Å²) in [6, 6.07) is 5.48. The smallest absolute Gasteiger partial charge is 0.238 e. The van der Waals surface area contributed by atoms with Gasteiger partial charge in [0.05, 0.1) is 17.3 Å². The summed E-state index contributed by atoms with van der Waals surface area (Å²) in [6.45, 7) is 2.25. The lowest BCUT2D eigenvalue weighted by atomic mass is 10.0. The number of piperidine rings is 1. The number of benzene rings is 1. The molecule has 2 N–H and O–H groups in total. The van der Waals surface area contributed by atoms with E-state index in [1.807, 2.05) is 7.05 Å². The molecule has 1 aromatic rings. The molecule has 1 aliphatic heterocycles. The van der Waals surface area contributed by atoms with Crippen molar-refractivity contribution in [1.29, 1.82) is 0 Å². The zero-order chi connectivity index (χ0) is 15.2. The molecule has 1 atom stereocenters. The van der Waals surface area contributed by atoms with Crippen LogP contribution in [0.2, 0.25) is 10.0 Å². The normalized spacial score (nSPS) is 19.5. The maximum Gasteiger partial charge on any atom is 0.238 e. The molecule has 6 heteroatoms. The summed E-state index contributed by atoms with van der Waals surface area (Å²) >= 11 is 12.0. The third-order valence-corrected chi connectivity index (χ3v) is 4.30. The number of amides is 1. The number of likely N-dealkylation sites (tertiary alicyclic amines) is 1. The lowest BCUT2D eigenvalue weighted by molar-refractivity contribution is -0.118. The molecule has 0 aliphatic carbocycles. The monoisotopic (exact) mass is 329 g/mol. The Bertz CT molecular complexity index is 494. The molecule has 1 aromatic carbocycles. The number of halogens is 2. The number of carbonyl (C=O) groups excluding carboxylic acids is 1. The highest BCUT2D eigenvalue weighted by Crippen LogP contribution is 2.25. The van der Waals surface area contributed by atoms with Gasteiger partial charge in [-0.25, -0.2) is 0 Å². The van der Waals surface area contributed by atoms with Crippen LogP contribution in [-0.4, -0.2) is 43.5 Å². The maximum absolute atomic E-state index is 12.2. The van der Waals surface area contributed by atoms with E-state index in [-0.39, 0.29) is 5.91 Å². The van der Waals surface area contributed by atoms with Crippen molar-refractivity contribution in [1.82, 2.24) is 10.2 Å². The first kappa shape index (κ1) is 16.6. The first-order chi connectivity index (χ1) is 10.1. The molecule has 4 nitrogen and oxygen atoms in total. The highest BCUT2D eigenvalue weighted by atomic mass is 35.5. The minimum absolute atomic E-state index is 0.0535. The first-order valence-electron chi connectivity index (χ1n) is 7.23. The second-order valence-corrected chi connectivity index (χ2v) is 6.19. The van der Waals surface area contributed by atoms with Crippen LogP contribution in [0.5, 0.6) is 0 Å². The Hall–Kier alpha value is -0.810. The molecule has 0 aromatic heterocycles. The largest absolute Gasteiger partial charge is 0.324 e. The third kappa shape index (κ3) is 4.85. The fourth-order valence-corrected chi connectivity index (χ4v) is 3.04. The second kappa shape index (κ2) is 7.99. The van der Waals surface area contributed by atoms with Crippen LogP contribution in [0.25, 0.3) is 0 Å². The van der Waals surface area contributed by atoms with Crippen molar-refractivity contribution in [3.05, 3.63) is 28.2 Å². The highest BCUT2D eigenvalue weighted by molar-refractivity contribution is 6.35. The molecule has 0 saturated carbocycles. The number of nitrogens with one attached hydrogen (secondary N) is 2. The van der Waals surface area contributed by atoms with E-state index in [1.165, 1.54) is 6.42 Å². The van der Waals surface area contributed by atoms with Gasteiger partial charge in [-0.05, 0) is 44.6 Å². The van der Waals surface area contributed by atoms with Crippen LogP contribution < -0.4 is 10.6 Å². The van der Waals surface area contributed by atoms with Crippen molar-refractivity contribution in [3.63, 3.8) is 0 Å². The van der Waals surface area contributed by atoms with Crippen LogP contribution in [0.3, 0.4) is 0 Å². The van der Waals surface area contributed by atoms with Crippen LogP contribution in [0.4, 0.5) is 5.69 Å². The first-order valence-corrected chi connectivity index (χ1v) is 7.99. The van der Waals surface area contributed by atoms with E-state index in [4.69, 9.17) is 23.2 Å². The molecular weight excluding hydrogens is 309 g/mol. The zero-order valence-corrected chi connectivity index (χ0v) is 13.7. The minimum atomic E-state index is -0.0535. The number of anilines is 1. The number of likely N-dealkylation sites (N-methyl/N-ethyl adjacent to an activating group) is 1. The van der Waals surface area contributed by atoms with E-state index in [2.05, 4.69) is 15.5 Å². The Labute approximate surface area is 135 Å². The Kier molecular flexibility index (Phi) is 6.30. The van der Waals surface area contributed by atoms with Gasteiger partial charge in [-0.2, -0.15) is 0 Å². The molecule has 21 heavy (non-hydrogen) atoms. The summed E-state index contributed by atoms with van der Waals surface area (Å²) in [5.74, 6) is -0.0535. The molecular formula is C15H21Cl2N3O. The van der Waals surface area contributed by atoms with Gasteiger partial charge < -0.3 is 10.6 Å². The van der Waals surface area contributed by atoms with Gasteiger partial charge in [-0.3, -0.25) is 9.69 Å². The lowest BCUT2D eigenvalue weighted by Gasteiger charge is -2.35. The topological polar surface area (TPSA) is 44.4 Å². The SMILES string of the molecule is CNCC1CCCCN1CC(=O)Nc1cc(Cl)ccc1Cl. The van der Waals surface area contributed by atoms with Gasteiger partial charge in [-0.15, -0.1) is 0 Å². The fourth-order valence-electron chi connectivity index (χ4n) is 2.70. The summed E-state index contributed by atoms with van der Waals surface area (Å²) in [5.41, 5.74) is 0.566. The molecule has 116 valence electrons. The van der Waals surface area contributed by atoms with Crippen molar-refractivity contribution in [3.8, 4) is 0 Å². The van der Waals surface area contributed by atoms with E-state index < -0.39 is 0 Å². The highest BCUT2D eigenvalue weighted by Gasteiger charge is 2.23. The Morgan fingerprint density at radius 1 is 1.38 bits per heavy atom. The molecule has 1 unspecified atom stereocenters. The number of hydrogen-bond donors (Lipinski definition) is 2. The van der Waals surface area contributed by atoms with Crippen LogP contribution in [0.15, 0.2) is 18.2 Å². The molecule has 0 bridgehead atoms. The fraction of sp³-hybridized carbons (Fsp3) is 0.533. The zero-order valence-electron chi connectivity index (χ0n) is 12.2. The van der Waals surface area contributed by atoms with E-state index in [0.29, 0.717) is 28.3 Å². The number of rotatable bonds is 5. The number of nitrogens with zero attached hydrogens (tertiary/aromatic N) is 1. The van der Waals surface area contributed by atoms with E-state index in [0.717, 1.165) is 25.9 Å². The Morgan fingerprint density at radius 3 is 2.95 bits per heavy atom. The van der Waals surface area contributed by atoms with E-state index in [1.54, 1.807) is 18.2 Å². The molecule has 1 amide bonds. The van der Waals surface area contributed by atoms with Gasteiger partial charge in [0, 0.05) is 17.6 Å². The summed E-state index contributed by atoms with van der Waals surface area (Å²) < 4.78 is 0. The summed E-state index contributed by atoms with van der Waals surface area (Å²) in [7, 11) is 1.94. The van der Waals surface area contributed by atoms with Crippen LogP contribution >= 0.6 is 23.2 Å². The standard InChI is InChI=1S/C15H21Cl2N3O/c1-18-9-12-4-2-3-7-20(12)10-15(21)19-14-8-11(16)5-6-13(14)17/h5-6,8,12,18H,2-4,7,9-10H2,1H3,(H,19,21). The molecule has 1 fully saturated rings. The van der Waals surface area contributed by atoms with E-state index >= 15 is 0 Å². The Morgan fingerprint density at radius 2 is 2.19 bits per heavy atom. The van der Waals surface area contributed by atoms with Crippen LogP contribution in [0, 0.1) is 0 Å². The van der Waals surface area contributed by atoms with Crippen molar-refractivity contribution < 1.29 is 4.79 Å². The van der Waals surface area contributed by atoms with Gasteiger partial charge in [0.15, 0.2) is 0 Å². The summed E-state index contributed by atoms with van der Waals surface area (Å²) in [4.78, 5) is 14.4. The average Bonchev–Trinajstić information content (AvgIpc) is 2.45. The van der Waals surface area contributed by atoms with Crippen molar-refractivity contribution in [2.24, 2.45) is 0 Å². The van der Waals surface area contributed by atoms with Gasteiger partial charge in [0.25, 0.3) is 0 Å². The average molecular weight is 330 g/mol. The molecule has 0 radical (unpaired) electrons. The van der Waals surface area contributed by atoms with Crippen molar-refractivity contribution >= 4 is 34.8 Å². The number of carbonyl (C=O) groups is 1.